The van der Waals surface area contributed by atoms with Crippen molar-refractivity contribution in [2.24, 2.45) is 0 Å². The average Bonchev–Trinajstić information content (AvgIpc) is 3.14. The molecule has 0 unspecified atom stereocenters. The van der Waals surface area contributed by atoms with Crippen LogP contribution in [0.4, 0.5) is 11.4 Å². The lowest BCUT2D eigenvalue weighted by molar-refractivity contribution is 0.0990. The fraction of sp³-hybridized carbons (Fsp3) is 0.0526. The van der Waals surface area contributed by atoms with Crippen LogP contribution in [0.5, 0.6) is 11.5 Å². The molecule has 0 spiro atoms. The topological polar surface area (TPSA) is 58.6 Å². The Morgan fingerprint density at radius 1 is 1.08 bits per heavy atom. The molecule has 4 rings (SSSR count). The number of nitrogens with zero attached hydrogens (tertiary/aromatic N) is 1. The molecule has 0 fully saturated rings. The molecule has 0 aliphatic carbocycles. The van der Waals surface area contributed by atoms with Crippen LogP contribution in [-0.2, 0) is 0 Å². The molecule has 0 atom stereocenters. The molecule has 0 bridgehead atoms. The second kappa shape index (κ2) is 6.07. The lowest BCUT2D eigenvalue weighted by Crippen LogP contribution is -2.25. The minimum atomic E-state index is -0.200. The van der Waals surface area contributed by atoms with Gasteiger partial charge in [-0.1, -0.05) is 18.2 Å². The van der Waals surface area contributed by atoms with Crippen LogP contribution in [0.25, 0.3) is 0 Å². The molecular formula is C19H14N2O3S. The van der Waals surface area contributed by atoms with E-state index in [0.717, 1.165) is 0 Å². The molecule has 0 radical (unpaired) electrons. The number of thiophene rings is 1. The van der Waals surface area contributed by atoms with Crippen molar-refractivity contribution in [2.75, 3.05) is 17.3 Å². The first kappa shape index (κ1) is 15.4. The highest BCUT2D eigenvalue weighted by atomic mass is 32.1. The molecule has 6 heteroatoms. The van der Waals surface area contributed by atoms with Crippen molar-refractivity contribution in [1.29, 1.82) is 0 Å². The molecule has 1 aliphatic rings. The predicted octanol–water partition coefficient (Wildman–Crippen LogP) is 4.38. The number of fused-ring (bicyclic) bond motifs is 2. The zero-order valence-corrected chi connectivity index (χ0v) is 14.2. The SMILES string of the molecule is CN1C(=O)c2cc(NC(=O)c3cccs3)ccc2Oc2ccccc21. The maximum absolute atomic E-state index is 12.8. The van der Waals surface area contributed by atoms with Crippen LogP contribution in [0.1, 0.15) is 20.0 Å². The van der Waals surface area contributed by atoms with Gasteiger partial charge in [-0.05, 0) is 41.8 Å². The fourth-order valence-corrected chi connectivity index (χ4v) is 3.31. The Morgan fingerprint density at radius 2 is 1.92 bits per heavy atom. The Labute approximate surface area is 148 Å². The van der Waals surface area contributed by atoms with Gasteiger partial charge in [-0.2, -0.15) is 0 Å². The first-order valence-corrected chi connectivity index (χ1v) is 8.55. The predicted molar refractivity (Wildman–Crippen MR) is 98.0 cm³/mol. The van der Waals surface area contributed by atoms with Gasteiger partial charge in [-0.15, -0.1) is 11.3 Å². The van der Waals surface area contributed by atoms with Gasteiger partial charge in [0.1, 0.15) is 5.75 Å². The third-order valence-corrected chi connectivity index (χ3v) is 4.83. The molecule has 2 aromatic carbocycles. The number of rotatable bonds is 2. The largest absolute Gasteiger partial charge is 0.454 e. The van der Waals surface area contributed by atoms with Crippen LogP contribution in [0.3, 0.4) is 0 Å². The van der Waals surface area contributed by atoms with Crippen LogP contribution in [0, 0.1) is 0 Å². The van der Waals surface area contributed by atoms with Crippen LogP contribution in [0.15, 0.2) is 60.0 Å². The summed E-state index contributed by atoms with van der Waals surface area (Å²) in [4.78, 5) is 27.2. The molecule has 2 heterocycles. The first-order valence-electron chi connectivity index (χ1n) is 7.67. The minimum absolute atomic E-state index is 0.188. The minimum Gasteiger partial charge on any atom is -0.454 e. The smallest absolute Gasteiger partial charge is 0.265 e. The quantitative estimate of drug-likeness (QED) is 0.746. The molecule has 0 saturated heterocycles. The van der Waals surface area contributed by atoms with Crippen LogP contribution in [0.2, 0.25) is 0 Å². The second-order valence-corrected chi connectivity index (χ2v) is 6.52. The second-order valence-electron chi connectivity index (χ2n) is 5.58. The molecule has 3 aromatic rings. The van der Waals surface area contributed by atoms with Crippen molar-refractivity contribution >= 4 is 34.5 Å². The Bertz CT molecular complexity index is 967. The van der Waals surface area contributed by atoms with E-state index >= 15 is 0 Å². The van der Waals surface area contributed by atoms with E-state index in [4.69, 9.17) is 4.74 Å². The van der Waals surface area contributed by atoms with Gasteiger partial charge in [0, 0.05) is 12.7 Å². The van der Waals surface area contributed by atoms with Crippen molar-refractivity contribution in [3.63, 3.8) is 0 Å². The number of ether oxygens (including phenoxy) is 1. The summed E-state index contributed by atoms with van der Waals surface area (Å²) >= 11 is 1.36. The summed E-state index contributed by atoms with van der Waals surface area (Å²) in [5.41, 5.74) is 1.66. The van der Waals surface area contributed by atoms with E-state index in [9.17, 15) is 9.59 Å². The highest BCUT2D eigenvalue weighted by molar-refractivity contribution is 7.12. The third-order valence-electron chi connectivity index (χ3n) is 3.96. The van der Waals surface area contributed by atoms with Gasteiger partial charge in [0.25, 0.3) is 11.8 Å². The van der Waals surface area contributed by atoms with E-state index in [1.165, 1.54) is 11.3 Å². The van der Waals surface area contributed by atoms with E-state index in [2.05, 4.69) is 5.32 Å². The highest BCUT2D eigenvalue weighted by Crippen LogP contribution is 2.38. The number of hydrogen-bond donors (Lipinski definition) is 1. The zero-order valence-electron chi connectivity index (χ0n) is 13.4. The van der Waals surface area contributed by atoms with Crippen LogP contribution in [-0.4, -0.2) is 18.9 Å². The van der Waals surface area contributed by atoms with Gasteiger partial charge >= 0.3 is 0 Å². The Morgan fingerprint density at radius 3 is 2.72 bits per heavy atom. The van der Waals surface area contributed by atoms with Crippen molar-refractivity contribution in [3.8, 4) is 11.5 Å². The number of carbonyl (C=O) groups is 2. The van der Waals surface area contributed by atoms with Gasteiger partial charge in [0.05, 0.1) is 16.1 Å². The number of amides is 2. The lowest BCUT2D eigenvalue weighted by Gasteiger charge is -2.15. The molecule has 2 amide bonds. The summed E-state index contributed by atoms with van der Waals surface area (Å²) < 4.78 is 5.90. The number of hydrogen-bond acceptors (Lipinski definition) is 4. The first-order chi connectivity index (χ1) is 12.1. The standard InChI is InChI=1S/C19H14N2O3S/c1-21-14-5-2-3-6-16(14)24-15-9-8-12(11-13(15)19(21)23)20-18(22)17-7-4-10-25-17/h2-11H,1H3,(H,20,22). The maximum Gasteiger partial charge on any atom is 0.265 e. The van der Waals surface area contributed by atoms with Crippen molar-refractivity contribution < 1.29 is 14.3 Å². The molecule has 124 valence electrons. The van der Waals surface area contributed by atoms with E-state index < -0.39 is 0 Å². The summed E-state index contributed by atoms with van der Waals surface area (Å²) in [7, 11) is 1.70. The van der Waals surface area contributed by atoms with E-state index in [1.807, 2.05) is 35.7 Å². The Hall–Kier alpha value is -3.12. The fourth-order valence-electron chi connectivity index (χ4n) is 2.69. The number of anilines is 2. The van der Waals surface area contributed by atoms with E-state index in [1.54, 1.807) is 36.2 Å². The van der Waals surface area contributed by atoms with Crippen LogP contribution < -0.4 is 15.0 Å². The summed E-state index contributed by atoms with van der Waals surface area (Å²) in [6.45, 7) is 0. The molecule has 1 aromatic heterocycles. The van der Waals surface area contributed by atoms with Gasteiger partial charge in [-0.3, -0.25) is 9.59 Å². The van der Waals surface area contributed by atoms with Crippen molar-refractivity contribution in [2.45, 2.75) is 0 Å². The third kappa shape index (κ3) is 2.77. The summed E-state index contributed by atoms with van der Waals surface area (Å²) in [5, 5.41) is 4.66. The normalized spacial score (nSPS) is 12.7. The Kier molecular flexibility index (Phi) is 3.74. The number of carbonyl (C=O) groups excluding carboxylic acids is 2. The van der Waals surface area contributed by atoms with Gasteiger partial charge in [0.15, 0.2) is 5.75 Å². The average molecular weight is 350 g/mol. The van der Waals surface area contributed by atoms with Gasteiger partial charge in [0.2, 0.25) is 0 Å². The van der Waals surface area contributed by atoms with E-state index in [0.29, 0.717) is 33.3 Å². The lowest BCUT2D eigenvalue weighted by atomic mass is 10.1. The molecular weight excluding hydrogens is 336 g/mol. The van der Waals surface area contributed by atoms with Crippen molar-refractivity contribution in [1.82, 2.24) is 0 Å². The molecule has 5 nitrogen and oxygen atoms in total. The summed E-state index contributed by atoms with van der Waals surface area (Å²) in [5.74, 6) is 0.698. The molecule has 25 heavy (non-hydrogen) atoms. The van der Waals surface area contributed by atoms with Gasteiger partial charge < -0.3 is 15.0 Å². The molecule has 0 saturated carbocycles. The highest BCUT2D eigenvalue weighted by Gasteiger charge is 2.25. The number of para-hydroxylation sites is 2. The zero-order chi connectivity index (χ0) is 17.4. The van der Waals surface area contributed by atoms with Crippen LogP contribution >= 0.6 is 11.3 Å². The van der Waals surface area contributed by atoms with Crippen molar-refractivity contribution in [3.05, 3.63) is 70.4 Å². The molecule has 1 N–H and O–H groups in total. The number of nitrogens with one attached hydrogen (secondary N) is 1. The maximum atomic E-state index is 12.8. The summed E-state index contributed by atoms with van der Waals surface area (Å²) in [6.07, 6.45) is 0. The van der Waals surface area contributed by atoms with E-state index in [-0.39, 0.29) is 11.8 Å². The monoisotopic (exact) mass is 350 g/mol. The number of benzene rings is 2. The Balaban J connectivity index is 1.69. The molecule has 1 aliphatic heterocycles. The summed E-state index contributed by atoms with van der Waals surface area (Å²) in [6, 6.07) is 16.0. The van der Waals surface area contributed by atoms with Gasteiger partial charge in [-0.25, -0.2) is 0 Å².